The van der Waals surface area contributed by atoms with E-state index in [1.807, 2.05) is 19.2 Å². The molecule has 0 aliphatic rings. The zero-order chi connectivity index (χ0) is 12.2. The Kier molecular flexibility index (Phi) is 4.78. The minimum Gasteiger partial charge on any atom is -0.323 e. The molecule has 16 heavy (non-hydrogen) atoms. The second kappa shape index (κ2) is 5.67. The monoisotopic (exact) mass is 255 g/mol. The Hall–Kier alpha value is -0.570. The minimum atomic E-state index is -0.512. The molecule has 1 heterocycles. The number of aromatic nitrogens is 1. The number of hydrogen-bond donors (Lipinski definition) is 1. The SMILES string of the molecule is CSCCC(N)c1csc(C(C)(C)C#N)n1. The number of nitriles is 1. The molecule has 0 aliphatic heterocycles. The molecule has 0 amide bonds. The molecule has 0 radical (unpaired) electrons. The summed E-state index contributed by atoms with van der Waals surface area (Å²) in [7, 11) is 0. The number of nitrogens with zero attached hydrogens (tertiary/aromatic N) is 2. The smallest absolute Gasteiger partial charge is 0.113 e. The highest BCUT2D eigenvalue weighted by Gasteiger charge is 2.24. The molecule has 1 rings (SSSR count). The summed E-state index contributed by atoms with van der Waals surface area (Å²) in [6.07, 6.45) is 3.00. The molecule has 5 heteroatoms. The van der Waals surface area contributed by atoms with Crippen LogP contribution in [0.5, 0.6) is 0 Å². The molecular formula is C11H17N3S2. The van der Waals surface area contributed by atoms with Gasteiger partial charge < -0.3 is 5.73 Å². The van der Waals surface area contributed by atoms with Crippen LogP contribution in [-0.4, -0.2) is 17.0 Å². The zero-order valence-corrected chi connectivity index (χ0v) is 11.5. The van der Waals surface area contributed by atoms with Gasteiger partial charge in [-0.15, -0.1) is 11.3 Å². The number of rotatable bonds is 5. The second-order valence-corrected chi connectivity index (χ2v) is 6.05. The van der Waals surface area contributed by atoms with Crippen molar-refractivity contribution in [2.45, 2.75) is 31.7 Å². The Morgan fingerprint density at radius 2 is 2.38 bits per heavy atom. The lowest BCUT2D eigenvalue weighted by molar-refractivity contribution is 0.648. The van der Waals surface area contributed by atoms with Crippen LogP contribution >= 0.6 is 23.1 Å². The Labute approximate surface area is 105 Å². The second-order valence-electron chi connectivity index (χ2n) is 4.20. The molecule has 88 valence electrons. The van der Waals surface area contributed by atoms with Crippen molar-refractivity contribution in [3.05, 3.63) is 16.1 Å². The van der Waals surface area contributed by atoms with Crippen LogP contribution in [0.25, 0.3) is 0 Å². The van der Waals surface area contributed by atoms with E-state index in [4.69, 9.17) is 11.0 Å². The topological polar surface area (TPSA) is 62.7 Å². The molecule has 0 saturated heterocycles. The van der Waals surface area contributed by atoms with Gasteiger partial charge in [-0.05, 0) is 32.3 Å². The third kappa shape index (κ3) is 3.21. The van der Waals surface area contributed by atoms with Crippen molar-refractivity contribution in [3.63, 3.8) is 0 Å². The van der Waals surface area contributed by atoms with E-state index in [1.165, 1.54) is 11.3 Å². The lowest BCUT2D eigenvalue weighted by atomic mass is 9.97. The fourth-order valence-corrected chi connectivity index (χ4v) is 2.63. The van der Waals surface area contributed by atoms with Crippen molar-refractivity contribution >= 4 is 23.1 Å². The van der Waals surface area contributed by atoms with Crippen molar-refractivity contribution < 1.29 is 0 Å². The Morgan fingerprint density at radius 1 is 1.69 bits per heavy atom. The molecule has 1 unspecified atom stereocenters. The number of hydrogen-bond acceptors (Lipinski definition) is 5. The summed E-state index contributed by atoms with van der Waals surface area (Å²) < 4.78 is 0. The number of thiazole rings is 1. The maximum absolute atomic E-state index is 9.02. The molecule has 0 aromatic carbocycles. The molecular weight excluding hydrogens is 238 g/mol. The molecule has 3 nitrogen and oxygen atoms in total. The minimum absolute atomic E-state index is 0.00746. The summed E-state index contributed by atoms with van der Waals surface area (Å²) in [4.78, 5) is 4.47. The summed E-state index contributed by atoms with van der Waals surface area (Å²) in [6.45, 7) is 3.76. The van der Waals surface area contributed by atoms with Gasteiger partial charge in [0.1, 0.15) is 10.4 Å². The molecule has 0 aliphatic carbocycles. The van der Waals surface area contributed by atoms with E-state index in [0.29, 0.717) is 0 Å². The highest BCUT2D eigenvalue weighted by molar-refractivity contribution is 7.98. The van der Waals surface area contributed by atoms with Crippen LogP contribution in [0.4, 0.5) is 0 Å². The molecule has 1 aromatic rings. The normalized spacial score (nSPS) is 13.4. The van der Waals surface area contributed by atoms with Crippen LogP contribution in [0.3, 0.4) is 0 Å². The summed E-state index contributed by atoms with van der Waals surface area (Å²) in [6, 6.07) is 2.25. The van der Waals surface area contributed by atoms with Crippen LogP contribution in [0.2, 0.25) is 0 Å². The van der Waals surface area contributed by atoms with Gasteiger partial charge in [0.25, 0.3) is 0 Å². The Bertz CT molecular complexity index is 379. The standard InChI is InChI=1S/C11H17N3S2/c1-11(2,7-12)10-14-9(6-16-10)8(13)4-5-15-3/h6,8H,4-5,13H2,1-3H3. The largest absolute Gasteiger partial charge is 0.323 e. The predicted molar refractivity (Wildman–Crippen MR) is 70.7 cm³/mol. The quantitative estimate of drug-likeness (QED) is 0.878. The first-order valence-corrected chi connectivity index (χ1v) is 7.40. The van der Waals surface area contributed by atoms with E-state index in [2.05, 4.69) is 17.3 Å². The van der Waals surface area contributed by atoms with Gasteiger partial charge >= 0.3 is 0 Å². The first-order valence-electron chi connectivity index (χ1n) is 5.13. The van der Waals surface area contributed by atoms with Crippen molar-refractivity contribution in [3.8, 4) is 6.07 Å². The third-order valence-corrected chi connectivity index (χ3v) is 4.18. The van der Waals surface area contributed by atoms with Crippen molar-refractivity contribution in [1.82, 2.24) is 4.98 Å². The van der Waals surface area contributed by atoms with Crippen LogP contribution in [0, 0.1) is 11.3 Å². The van der Waals surface area contributed by atoms with Crippen molar-refractivity contribution in [2.24, 2.45) is 5.73 Å². The van der Waals surface area contributed by atoms with Crippen LogP contribution in [0.15, 0.2) is 5.38 Å². The Balaban J connectivity index is 2.76. The third-order valence-electron chi connectivity index (χ3n) is 2.35. The van der Waals surface area contributed by atoms with Crippen LogP contribution < -0.4 is 5.73 Å². The molecule has 1 atom stereocenters. The fourth-order valence-electron chi connectivity index (χ4n) is 1.18. The van der Waals surface area contributed by atoms with E-state index in [1.54, 1.807) is 11.8 Å². The fraction of sp³-hybridized carbons (Fsp3) is 0.636. The molecule has 1 aromatic heterocycles. The lowest BCUT2D eigenvalue weighted by Crippen LogP contribution is -2.16. The number of nitrogens with two attached hydrogens (primary N) is 1. The van der Waals surface area contributed by atoms with Crippen molar-refractivity contribution in [2.75, 3.05) is 12.0 Å². The Morgan fingerprint density at radius 3 is 2.94 bits per heavy atom. The van der Waals surface area contributed by atoms with E-state index >= 15 is 0 Å². The van der Waals surface area contributed by atoms with Crippen LogP contribution in [0.1, 0.15) is 37.0 Å². The summed E-state index contributed by atoms with van der Waals surface area (Å²) in [5.41, 5.74) is 6.43. The van der Waals surface area contributed by atoms with E-state index in [0.717, 1.165) is 22.9 Å². The molecule has 0 bridgehead atoms. The van der Waals surface area contributed by atoms with Gasteiger partial charge in [0.05, 0.1) is 11.8 Å². The first kappa shape index (κ1) is 13.5. The molecule has 0 spiro atoms. The highest BCUT2D eigenvalue weighted by atomic mass is 32.2. The average molecular weight is 255 g/mol. The van der Waals surface area contributed by atoms with E-state index in [9.17, 15) is 0 Å². The molecule has 2 N–H and O–H groups in total. The van der Waals surface area contributed by atoms with Crippen LogP contribution in [-0.2, 0) is 5.41 Å². The summed E-state index contributed by atoms with van der Waals surface area (Å²) in [5.74, 6) is 1.04. The molecule has 0 fully saturated rings. The number of thioether (sulfide) groups is 1. The summed E-state index contributed by atoms with van der Waals surface area (Å²) in [5, 5.41) is 11.8. The van der Waals surface area contributed by atoms with Gasteiger partial charge in [0, 0.05) is 11.4 Å². The van der Waals surface area contributed by atoms with E-state index in [-0.39, 0.29) is 6.04 Å². The summed E-state index contributed by atoms with van der Waals surface area (Å²) >= 11 is 3.31. The van der Waals surface area contributed by atoms with Gasteiger partial charge in [0.15, 0.2) is 0 Å². The van der Waals surface area contributed by atoms with Crippen molar-refractivity contribution in [1.29, 1.82) is 5.26 Å². The predicted octanol–water partition coefficient (Wildman–Crippen LogP) is 2.70. The van der Waals surface area contributed by atoms with Gasteiger partial charge in [-0.2, -0.15) is 17.0 Å². The van der Waals surface area contributed by atoms with E-state index < -0.39 is 5.41 Å². The first-order chi connectivity index (χ1) is 7.51. The van der Waals surface area contributed by atoms with Gasteiger partial charge in [-0.3, -0.25) is 0 Å². The van der Waals surface area contributed by atoms with Gasteiger partial charge in [0.2, 0.25) is 0 Å². The zero-order valence-electron chi connectivity index (χ0n) is 9.86. The average Bonchev–Trinajstić information content (AvgIpc) is 2.75. The van der Waals surface area contributed by atoms with Gasteiger partial charge in [-0.25, -0.2) is 4.98 Å². The maximum atomic E-state index is 9.02. The molecule has 0 saturated carbocycles. The lowest BCUT2D eigenvalue weighted by Gasteiger charge is -2.11. The van der Waals surface area contributed by atoms with Gasteiger partial charge in [-0.1, -0.05) is 0 Å². The highest BCUT2D eigenvalue weighted by Crippen LogP contribution is 2.28. The maximum Gasteiger partial charge on any atom is 0.113 e.